The molecule has 19 heavy (non-hydrogen) atoms. The third-order valence-electron chi connectivity index (χ3n) is 4.28. The molecular formula is C14H28N3O2+. The maximum absolute atomic E-state index is 12.3. The second-order valence-corrected chi connectivity index (χ2v) is 5.59. The fourth-order valence-electron chi connectivity index (χ4n) is 3.03. The van der Waals surface area contributed by atoms with Crippen LogP contribution in [0.1, 0.15) is 39.5 Å². The first-order valence-electron chi connectivity index (χ1n) is 7.28. The van der Waals surface area contributed by atoms with Gasteiger partial charge in [-0.1, -0.05) is 12.8 Å². The van der Waals surface area contributed by atoms with Gasteiger partial charge in [0.05, 0.1) is 18.4 Å². The fourth-order valence-corrected chi connectivity index (χ4v) is 3.03. The zero-order valence-electron chi connectivity index (χ0n) is 12.4. The molecule has 5 heteroatoms. The lowest BCUT2D eigenvalue weighted by Crippen LogP contribution is -2.60. The standard InChI is InChI=1S/C14H27N3O2/c1-9(12(8-15)10(2)18)17-14(19)11-6-4-5-7-13(11)16-3/h9,11-13,16H,4-8,15H2,1-3H3,(H,17,19)/p+1/t9-,11?,12-,13+/m0/s1. The van der Waals surface area contributed by atoms with Gasteiger partial charge in [0, 0.05) is 12.1 Å². The highest BCUT2D eigenvalue weighted by Crippen LogP contribution is 2.24. The molecule has 5 nitrogen and oxygen atoms in total. The topological polar surface area (TPSA) is 85.8 Å². The number of amides is 1. The van der Waals surface area contributed by atoms with Gasteiger partial charge in [-0.05, 0) is 33.7 Å². The van der Waals surface area contributed by atoms with Crippen molar-refractivity contribution in [1.29, 1.82) is 0 Å². The number of nitrogens with one attached hydrogen (secondary N) is 2. The predicted molar refractivity (Wildman–Crippen MR) is 74.3 cm³/mol. The van der Waals surface area contributed by atoms with Gasteiger partial charge in [-0.2, -0.15) is 0 Å². The van der Waals surface area contributed by atoms with Crippen LogP contribution in [0.25, 0.3) is 0 Å². The lowest BCUT2D eigenvalue weighted by Gasteiger charge is -2.32. The SMILES string of the molecule is CN[C@@H]1CCCCC1C(=O)N[C@@H](C)[C@H](C[NH3+])C(C)=O. The van der Waals surface area contributed by atoms with Crippen LogP contribution in [-0.2, 0) is 9.59 Å². The zero-order chi connectivity index (χ0) is 14.4. The van der Waals surface area contributed by atoms with Crippen LogP contribution in [0, 0.1) is 11.8 Å². The smallest absolute Gasteiger partial charge is 0.224 e. The highest BCUT2D eigenvalue weighted by atomic mass is 16.2. The summed E-state index contributed by atoms with van der Waals surface area (Å²) in [7, 11) is 1.91. The minimum atomic E-state index is -0.180. The summed E-state index contributed by atoms with van der Waals surface area (Å²) >= 11 is 0. The van der Waals surface area contributed by atoms with Crippen LogP contribution in [0.15, 0.2) is 0 Å². The zero-order valence-corrected chi connectivity index (χ0v) is 12.4. The van der Waals surface area contributed by atoms with Crippen molar-refractivity contribution in [1.82, 2.24) is 10.6 Å². The number of quaternary nitrogens is 1. The van der Waals surface area contributed by atoms with E-state index in [-0.39, 0.29) is 35.6 Å². The van der Waals surface area contributed by atoms with Gasteiger partial charge in [-0.3, -0.25) is 9.59 Å². The molecule has 1 amide bonds. The molecule has 1 aliphatic rings. The summed E-state index contributed by atoms with van der Waals surface area (Å²) in [6.07, 6.45) is 4.27. The van der Waals surface area contributed by atoms with E-state index in [0.717, 1.165) is 19.3 Å². The summed E-state index contributed by atoms with van der Waals surface area (Å²) in [5.41, 5.74) is 3.79. The van der Waals surface area contributed by atoms with Crippen LogP contribution in [0.2, 0.25) is 0 Å². The lowest BCUT2D eigenvalue weighted by molar-refractivity contribution is -0.376. The van der Waals surface area contributed by atoms with Crippen molar-refractivity contribution < 1.29 is 15.3 Å². The van der Waals surface area contributed by atoms with Crippen LogP contribution < -0.4 is 16.4 Å². The van der Waals surface area contributed by atoms with Crippen molar-refractivity contribution in [3.8, 4) is 0 Å². The number of carbonyl (C=O) groups is 2. The Kier molecular flexibility index (Phi) is 6.45. The molecule has 110 valence electrons. The van der Waals surface area contributed by atoms with Gasteiger partial charge in [0.1, 0.15) is 5.78 Å². The summed E-state index contributed by atoms with van der Waals surface area (Å²) in [6, 6.07) is 0.124. The van der Waals surface area contributed by atoms with E-state index < -0.39 is 0 Å². The highest BCUT2D eigenvalue weighted by molar-refractivity contribution is 5.82. The van der Waals surface area contributed by atoms with E-state index in [1.807, 2.05) is 14.0 Å². The Bertz CT molecular complexity index is 320. The molecule has 0 aromatic heterocycles. The summed E-state index contributed by atoms with van der Waals surface area (Å²) in [6.45, 7) is 3.98. The Morgan fingerprint density at radius 1 is 1.32 bits per heavy atom. The molecule has 0 saturated heterocycles. The first kappa shape index (κ1) is 16.1. The molecule has 1 aliphatic carbocycles. The molecule has 5 N–H and O–H groups in total. The first-order chi connectivity index (χ1) is 9.01. The van der Waals surface area contributed by atoms with Crippen molar-refractivity contribution >= 4 is 11.7 Å². The van der Waals surface area contributed by atoms with Gasteiger partial charge < -0.3 is 16.4 Å². The van der Waals surface area contributed by atoms with E-state index in [1.165, 1.54) is 6.42 Å². The summed E-state index contributed by atoms with van der Waals surface area (Å²) < 4.78 is 0. The van der Waals surface area contributed by atoms with E-state index in [1.54, 1.807) is 6.92 Å². The van der Waals surface area contributed by atoms with Gasteiger partial charge in [0.25, 0.3) is 0 Å². The van der Waals surface area contributed by atoms with E-state index >= 15 is 0 Å². The molecule has 1 rings (SSSR count). The first-order valence-corrected chi connectivity index (χ1v) is 7.28. The molecule has 1 saturated carbocycles. The monoisotopic (exact) mass is 270 g/mol. The molecular weight excluding hydrogens is 242 g/mol. The number of hydrogen-bond acceptors (Lipinski definition) is 3. The van der Waals surface area contributed by atoms with Crippen LogP contribution in [0.4, 0.5) is 0 Å². The molecule has 1 unspecified atom stereocenters. The summed E-state index contributed by atoms with van der Waals surface area (Å²) in [5.74, 6) is 0.0158. The number of carbonyl (C=O) groups excluding carboxylic acids is 2. The fraction of sp³-hybridized carbons (Fsp3) is 0.857. The van der Waals surface area contributed by atoms with Crippen LogP contribution in [-0.4, -0.2) is 37.4 Å². The van der Waals surface area contributed by atoms with E-state index in [4.69, 9.17) is 0 Å². The summed E-state index contributed by atoms with van der Waals surface area (Å²) in [4.78, 5) is 23.8. The van der Waals surface area contributed by atoms with Gasteiger partial charge in [0.2, 0.25) is 5.91 Å². The Morgan fingerprint density at radius 3 is 2.47 bits per heavy atom. The van der Waals surface area contributed by atoms with Crippen molar-refractivity contribution in [2.75, 3.05) is 13.6 Å². The van der Waals surface area contributed by atoms with Crippen LogP contribution in [0.5, 0.6) is 0 Å². The van der Waals surface area contributed by atoms with Crippen molar-refractivity contribution in [3.05, 3.63) is 0 Å². The van der Waals surface area contributed by atoms with Crippen molar-refractivity contribution in [2.45, 2.75) is 51.6 Å². The number of ketones is 1. The Hall–Kier alpha value is -0.940. The van der Waals surface area contributed by atoms with Gasteiger partial charge in [-0.15, -0.1) is 0 Å². The second kappa shape index (κ2) is 7.60. The van der Waals surface area contributed by atoms with Crippen molar-refractivity contribution in [3.63, 3.8) is 0 Å². The average molecular weight is 270 g/mol. The Balaban J connectivity index is 2.59. The Labute approximate surface area is 115 Å². The third-order valence-corrected chi connectivity index (χ3v) is 4.28. The number of Topliss-reactive ketones (excluding diaryl/α,β-unsaturated/α-hetero) is 1. The lowest BCUT2D eigenvalue weighted by atomic mass is 9.83. The molecule has 1 fully saturated rings. The Morgan fingerprint density at radius 2 is 1.95 bits per heavy atom. The molecule has 0 aliphatic heterocycles. The maximum Gasteiger partial charge on any atom is 0.224 e. The van der Waals surface area contributed by atoms with E-state index in [0.29, 0.717) is 6.54 Å². The third kappa shape index (κ3) is 4.28. The molecule has 4 atom stereocenters. The molecule has 0 spiro atoms. The molecule has 0 bridgehead atoms. The quantitative estimate of drug-likeness (QED) is 0.620. The van der Waals surface area contributed by atoms with Gasteiger partial charge >= 0.3 is 0 Å². The van der Waals surface area contributed by atoms with Crippen molar-refractivity contribution in [2.24, 2.45) is 11.8 Å². The molecule has 0 heterocycles. The normalized spacial score (nSPS) is 26.5. The van der Waals surface area contributed by atoms with Gasteiger partial charge in [-0.25, -0.2) is 0 Å². The van der Waals surface area contributed by atoms with Gasteiger partial charge in [0.15, 0.2) is 0 Å². The highest BCUT2D eigenvalue weighted by Gasteiger charge is 2.32. The van der Waals surface area contributed by atoms with E-state index in [9.17, 15) is 9.59 Å². The summed E-state index contributed by atoms with van der Waals surface area (Å²) in [5, 5.41) is 6.24. The number of rotatable bonds is 6. The average Bonchev–Trinajstić information content (AvgIpc) is 2.38. The second-order valence-electron chi connectivity index (χ2n) is 5.59. The minimum absolute atomic E-state index is 0.0265. The maximum atomic E-state index is 12.3. The number of hydrogen-bond donors (Lipinski definition) is 3. The van der Waals surface area contributed by atoms with E-state index in [2.05, 4.69) is 16.4 Å². The van der Waals surface area contributed by atoms with Crippen LogP contribution >= 0.6 is 0 Å². The minimum Gasteiger partial charge on any atom is -0.357 e. The predicted octanol–water partition coefficient (Wildman–Crippen LogP) is -0.284. The largest absolute Gasteiger partial charge is 0.357 e. The van der Waals surface area contributed by atoms with Crippen LogP contribution in [0.3, 0.4) is 0 Å². The molecule has 0 aromatic rings. The molecule has 0 aromatic carbocycles. The molecule has 0 radical (unpaired) electrons.